The molecule has 1 aliphatic heterocycles. The van der Waals surface area contributed by atoms with Crippen molar-refractivity contribution in [2.24, 2.45) is 5.73 Å². The highest BCUT2D eigenvalue weighted by molar-refractivity contribution is 4.99. The first-order valence-electron chi connectivity index (χ1n) is 7.88. The van der Waals surface area contributed by atoms with Crippen molar-refractivity contribution < 1.29 is 0 Å². The molecule has 1 saturated heterocycles. The van der Waals surface area contributed by atoms with Crippen molar-refractivity contribution in [3.8, 4) is 0 Å². The Hall–Kier alpha value is -0.910. The molecule has 2 heterocycles. The normalized spacial score (nSPS) is 18.6. The van der Waals surface area contributed by atoms with Gasteiger partial charge in [0.05, 0.1) is 5.69 Å². The maximum Gasteiger partial charge on any atom is 0.0764 e. The highest BCUT2D eigenvalue weighted by atomic mass is 15.3. The van der Waals surface area contributed by atoms with Gasteiger partial charge in [-0.2, -0.15) is 5.10 Å². The van der Waals surface area contributed by atoms with E-state index in [2.05, 4.69) is 41.0 Å². The second kappa shape index (κ2) is 7.76. The van der Waals surface area contributed by atoms with Crippen molar-refractivity contribution in [3.05, 3.63) is 18.0 Å². The Morgan fingerprint density at radius 2 is 1.95 bits per heavy atom. The fraction of sp³-hybridized carbons (Fsp3) is 0.800. The van der Waals surface area contributed by atoms with Crippen molar-refractivity contribution in [3.63, 3.8) is 0 Å². The average molecular weight is 279 g/mol. The van der Waals surface area contributed by atoms with Crippen LogP contribution >= 0.6 is 0 Å². The summed E-state index contributed by atoms with van der Waals surface area (Å²) in [6, 6.07) is 2.59. The molecule has 1 aromatic rings. The van der Waals surface area contributed by atoms with Crippen molar-refractivity contribution in [1.29, 1.82) is 0 Å². The molecule has 2 rings (SSSR count). The maximum absolute atomic E-state index is 5.59. The summed E-state index contributed by atoms with van der Waals surface area (Å²) in [5.41, 5.74) is 6.78. The fourth-order valence-electron chi connectivity index (χ4n) is 2.70. The zero-order valence-electron chi connectivity index (χ0n) is 13.0. The molecule has 0 bridgehead atoms. The molecule has 1 aromatic heterocycles. The lowest BCUT2D eigenvalue weighted by Gasteiger charge is -2.21. The van der Waals surface area contributed by atoms with Crippen LogP contribution < -0.4 is 5.73 Å². The van der Waals surface area contributed by atoms with Gasteiger partial charge < -0.3 is 10.6 Å². The molecule has 0 unspecified atom stereocenters. The predicted molar refractivity (Wildman–Crippen MR) is 82.6 cm³/mol. The number of nitrogens with zero attached hydrogens (tertiary/aromatic N) is 4. The number of rotatable bonds is 6. The van der Waals surface area contributed by atoms with Gasteiger partial charge in [0.1, 0.15) is 0 Å². The number of nitrogens with two attached hydrogens (primary N) is 1. The molecule has 0 saturated carbocycles. The molecule has 0 aliphatic carbocycles. The number of hydrogen-bond donors (Lipinski definition) is 1. The molecule has 20 heavy (non-hydrogen) atoms. The summed E-state index contributed by atoms with van der Waals surface area (Å²) in [7, 11) is 0. The zero-order valence-corrected chi connectivity index (χ0v) is 13.0. The molecule has 5 nitrogen and oxygen atoms in total. The van der Waals surface area contributed by atoms with E-state index in [9.17, 15) is 0 Å². The van der Waals surface area contributed by atoms with Crippen molar-refractivity contribution in [2.75, 3.05) is 39.3 Å². The highest BCUT2D eigenvalue weighted by Crippen LogP contribution is 2.10. The van der Waals surface area contributed by atoms with Gasteiger partial charge in [0.25, 0.3) is 0 Å². The van der Waals surface area contributed by atoms with E-state index in [4.69, 9.17) is 5.73 Å². The van der Waals surface area contributed by atoms with Gasteiger partial charge in [-0.1, -0.05) is 0 Å². The van der Waals surface area contributed by atoms with Crippen LogP contribution in [0.15, 0.2) is 12.3 Å². The lowest BCUT2D eigenvalue weighted by Crippen LogP contribution is -2.32. The summed E-state index contributed by atoms with van der Waals surface area (Å²) in [6.45, 7) is 11.9. The molecule has 0 spiro atoms. The fourth-order valence-corrected chi connectivity index (χ4v) is 2.70. The Morgan fingerprint density at radius 1 is 1.20 bits per heavy atom. The maximum atomic E-state index is 5.59. The lowest BCUT2D eigenvalue weighted by atomic mass is 10.3. The third kappa shape index (κ3) is 4.58. The summed E-state index contributed by atoms with van der Waals surface area (Å²) in [5, 5.41) is 4.65. The minimum Gasteiger partial charge on any atom is -0.330 e. The Labute approximate surface area is 122 Å². The highest BCUT2D eigenvalue weighted by Gasteiger charge is 2.15. The van der Waals surface area contributed by atoms with Crippen LogP contribution in [0.5, 0.6) is 0 Å². The Balaban J connectivity index is 1.81. The molecule has 0 aromatic carbocycles. The van der Waals surface area contributed by atoms with Gasteiger partial charge in [-0.3, -0.25) is 9.58 Å². The summed E-state index contributed by atoms with van der Waals surface area (Å²) in [4.78, 5) is 5.06. The summed E-state index contributed by atoms with van der Waals surface area (Å²) >= 11 is 0. The van der Waals surface area contributed by atoms with Crippen LogP contribution in [0.4, 0.5) is 0 Å². The van der Waals surface area contributed by atoms with Crippen molar-refractivity contribution in [1.82, 2.24) is 19.6 Å². The third-order valence-electron chi connectivity index (χ3n) is 3.94. The van der Waals surface area contributed by atoms with Crippen LogP contribution in [0.25, 0.3) is 0 Å². The standard InChI is InChI=1S/C15H29N5/c1-14(2)20-10-5-15(17-20)13-19-9-4-8-18(11-12-19)7-3-6-16/h5,10,14H,3-4,6-9,11-13,16H2,1-2H3. The van der Waals surface area contributed by atoms with E-state index in [0.717, 1.165) is 39.1 Å². The van der Waals surface area contributed by atoms with Gasteiger partial charge in [0.15, 0.2) is 0 Å². The minimum atomic E-state index is 0.444. The van der Waals surface area contributed by atoms with Crippen LogP contribution in [0.2, 0.25) is 0 Å². The first-order valence-corrected chi connectivity index (χ1v) is 7.88. The van der Waals surface area contributed by atoms with Crippen LogP contribution in [-0.2, 0) is 6.54 Å². The second-order valence-electron chi connectivity index (χ2n) is 5.99. The quantitative estimate of drug-likeness (QED) is 0.853. The van der Waals surface area contributed by atoms with Gasteiger partial charge in [-0.05, 0) is 58.9 Å². The molecule has 0 amide bonds. The first-order chi connectivity index (χ1) is 9.69. The summed E-state index contributed by atoms with van der Waals surface area (Å²) < 4.78 is 2.04. The van der Waals surface area contributed by atoms with Gasteiger partial charge in [0, 0.05) is 31.9 Å². The first kappa shape index (κ1) is 15.5. The lowest BCUT2D eigenvalue weighted by molar-refractivity contribution is 0.248. The smallest absolute Gasteiger partial charge is 0.0764 e. The topological polar surface area (TPSA) is 50.3 Å². The number of aromatic nitrogens is 2. The summed E-state index contributed by atoms with van der Waals surface area (Å²) in [5.74, 6) is 0. The van der Waals surface area contributed by atoms with E-state index in [-0.39, 0.29) is 0 Å². The molecule has 0 atom stereocenters. The van der Waals surface area contributed by atoms with Gasteiger partial charge in [-0.15, -0.1) is 0 Å². The van der Waals surface area contributed by atoms with E-state index >= 15 is 0 Å². The molecule has 0 radical (unpaired) electrons. The van der Waals surface area contributed by atoms with Crippen molar-refractivity contribution >= 4 is 0 Å². The van der Waals surface area contributed by atoms with E-state index in [1.165, 1.54) is 25.2 Å². The number of hydrogen-bond acceptors (Lipinski definition) is 4. The van der Waals surface area contributed by atoms with E-state index < -0.39 is 0 Å². The monoisotopic (exact) mass is 279 g/mol. The molecule has 2 N–H and O–H groups in total. The zero-order chi connectivity index (χ0) is 14.4. The van der Waals surface area contributed by atoms with Gasteiger partial charge in [-0.25, -0.2) is 0 Å². The largest absolute Gasteiger partial charge is 0.330 e. The van der Waals surface area contributed by atoms with Gasteiger partial charge in [0.2, 0.25) is 0 Å². The van der Waals surface area contributed by atoms with E-state index in [1.54, 1.807) is 0 Å². The van der Waals surface area contributed by atoms with Crippen LogP contribution in [0.1, 0.15) is 38.4 Å². The van der Waals surface area contributed by atoms with E-state index in [0.29, 0.717) is 6.04 Å². The van der Waals surface area contributed by atoms with Crippen molar-refractivity contribution in [2.45, 2.75) is 39.3 Å². The molecule has 5 heteroatoms. The predicted octanol–water partition coefficient (Wildman–Crippen LogP) is 1.32. The second-order valence-corrected chi connectivity index (χ2v) is 5.99. The molecular formula is C15H29N5. The Morgan fingerprint density at radius 3 is 2.65 bits per heavy atom. The molecule has 114 valence electrons. The third-order valence-corrected chi connectivity index (χ3v) is 3.94. The summed E-state index contributed by atoms with van der Waals surface area (Å²) in [6.07, 6.45) is 4.44. The van der Waals surface area contributed by atoms with Gasteiger partial charge >= 0.3 is 0 Å². The molecule has 1 fully saturated rings. The minimum absolute atomic E-state index is 0.444. The SMILES string of the molecule is CC(C)n1ccc(CN2CCCN(CCCN)CC2)n1. The van der Waals surface area contributed by atoms with Crippen LogP contribution in [-0.4, -0.2) is 58.8 Å². The van der Waals surface area contributed by atoms with Crippen LogP contribution in [0.3, 0.4) is 0 Å². The Bertz CT molecular complexity index is 387. The van der Waals surface area contributed by atoms with E-state index in [1.807, 2.05) is 4.68 Å². The molecule has 1 aliphatic rings. The Kier molecular flexibility index (Phi) is 6.01. The average Bonchev–Trinajstić information content (AvgIpc) is 2.78. The van der Waals surface area contributed by atoms with Crippen LogP contribution in [0, 0.1) is 0 Å². The molecular weight excluding hydrogens is 250 g/mol.